The largest absolute Gasteiger partial charge is 0.462 e. The Morgan fingerprint density at radius 1 is 1.13 bits per heavy atom. The number of amides is 1. The predicted octanol–water partition coefficient (Wildman–Crippen LogP) is 5.18. The third kappa shape index (κ3) is 5.90. The van der Waals surface area contributed by atoms with Crippen LogP contribution in [0.25, 0.3) is 11.3 Å². The summed E-state index contributed by atoms with van der Waals surface area (Å²) in [7, 11) is 0. The van der Waals surface area contributed by atoms with Crippen LogP contribution in [0.2, 0.25) is 10.0 Å². The molecule has 38 heavy (non-hydrogen) atoms. The van der Waals surface area contributed by atoms with E-state index in [1.807, 2.05) is 4.90 Å². The maximum Gasteiger partial charge on any atom is 0.338 e. The Balaban J connectivity index is 1.38. The third-order valence-electron chi connectivity index (χ3n) is 5.86. The van der Waals surface area contributed by atoms with Gasteiger partial charge in [0.2, 0.25) is 0 Å². The van der Waals surface area contributed by atoms with E-state index in [9.17, 15) is 19.7 Å². The average Bonchev–Trinajstić information content (AvgIpc) is 3.40. The zero-order valence-electron chi connectivity index (χ0n) is 20.1. The maximum atomic E-state index is 12.7. The first kappa shape index (κ1) is 27.4. The highest BCUT2D eigenvalue weighted by atomic mass is 35.5. The van der Waals surface area contributed by atoms with E-state index in [0.717, 1.165) is 0 Å². The van der Waals surface area contributed by atoms with Crippen LogP contribution in [0.5, 0.6) is 0 Å². The summed E-state index contributed by atoms with van der Waals surface area (Å²) in [6.45, 7) is 3.48. The Kier molecular flexibility index (Phi) is 8.50. The molecule has 3 aromatic rings. The van der Waals surface area contributed by atoms with Crippen molar-refractivity contribution in [1.82, 2.24) is 10.2 Å². The summed E-state index contributed by atoms with van der Waals surface area (Å²) in [6, 6.07) is 12.5. The summed E-state index contributed by atoms with van der Waals surface area (Å²) >= 11 is 17.7. The molecule has 1 aliphatic heterocycles. The van der Waals surface area contributed by atoms with Crippen molar-refractivity contribution in [3.8, 4) is 11.3 Å². The third-order valence-corrected chi connectivity index (χ3v) is 7.04. The predicted molar refractivity (Wildman–Crippen MR) is 147 cm³/mol. The topological polar surface area (TPSA) is 118 Å². The molecule has 0 unspecified atom stereocenters. The minimum atomic E-state index is -0.618. The van der Waals surface area contributed by atoms with Crippen molar-refractivity contribution in [1.29, 1.82) is 0 Å². The van der Waals surface area contributed by atoms with E-state index >= 15 is 0 Å². The molecule has 1 saturated heterocycles. The smallest absolute Gasteiger partial charge is 0.338 e. The Hall–Kier alpha value is -3.67. The number of benzene rings is 2. The van der Waals surface area contributed by atoms with Crippen molar-refractivity contribution in [3.05, 3.63) is 80.0 Å². The lowest BCUT2D eigenvalue weighted by atomic mass is 10.1. The lowest BCUT2D eigenvalue weighted by Gasteiger charge is -2.36. The first-order chi connectivity index (χ1) is 18.2. The molecular formula is C25H22Cl2N4O6S. The van der Waals surface area contributed by atoms with Crippen LogP contribution in [0.4, 0.5) is 11.4 Å². The van der Waals surface area contributed by atoms with Gasteiger partial charge in [0, 0.05) is 37.8 Å². The van der Waals surface area contributed by atoms with E-state index in [0.29, 0.717) is 53.2 Å². The fourth-order valence-corrected chi connectivity index (χ4v) is 4.63. The number of esters is 1. The number of nitrogens with zero attached hydrogens (tertiary/aromatic N) is 3. The van der Waals surface area contributed by atoms with Crippen LogP contribution in [0, 0.1) is 10.1 Å². The normalized spacial score (nSPS) is 13.2. The molecule has 2 aromatic carbocycles. The molecule has 2 heterocycles. The van der Waals surface area contributed by atoms with E-state index in [4.69, 9.17) is 44.6 Å². The Morgan fingerprint density at radius 2 is 1.87 bits per heavy atom. The van der Waals surface area contributed by atoms with Crippen molar-refractivity contribution < 1.29 is 23.7 Å². The number of rotatable bonds is 6. The number of hydrogen-bond acceptors (Lipinski definition) is 8. The molecule has 1 aromatic heterocycles. The van der Waals surface area contributed by atoms with Gasteiger partial charge in [-0.25, -0.2) is 4.79 Å². The van der Waals surface area contributed by atoms with Gasteiger partial charge in [0.15, 0.2) is 10.9 Å². The molecule has 0 radical (unpaired) electrons. The monoisotopic (exact) mass is 576 g/mol. The van der Waals surface area contributed by atoms with Crippen LogP contribution < -0.4 is 10.2 Å². The number of nitrogens with one attached hydrogen (secondary N) is 1. The number of hydrogen-bond donors (Lipinski definition) is 1. The number of nitro groups is 1. The van der Waals surface area contributed by atoms with Crippen molar-refractivity contribution in [3.63, 3.8) is 0 Å². The summed E-state index contributed by atoms with van der Waals surface area (Å²) < 4.78 is 10.6. The number of carbonyl (C=O) groups excluding carboxylic acids is 2. The molecule has 0 spiro atoms. The maximum absolute atomic E-state index is 12.7. The summed E-state index contributed by atoms with van der Waals surface area (Å²) in [5.74, 6) is -0.702. The number of furan rings is 1. The number of anilines is 1. The van der Waals surface area contributed by atoms with Crippen molar-refractivity contribution >= 4 is 63.8 Å². The second kappa shape index (κ2) is 11.8. The summed E-state index contributed by atoms with van der Waals surface area (Å²) in [4.78, 5) is 39.5. The molecule has 1 N–H and O–H groups in total. The molecule has 0 saturated carbocycles. The molecule has 0 bridgehead atoms. The summed E-state index contributed by atoms with van der Waals surface area (Å²) in [5.41, 5.74) is 0.874. The molecule has 13 heteroatoms. The van der Waals surface area contributed by atoms with Crippen LogP contribution >= 0.6 is 35.4 Å². The quantitative estimate of drug-likeness (QED) is 0.183. The molecule has 1 aliphatic rings. The van der Waals surface area contributed by atoms with Gasteiger partial charge < -0.3 is 19.0 Å². The highest BCUT2D eigenvalue weighted by Gasteiger charge is 2.27. The zero-order valence-corrected chi connectivity index (χ0v) is 22.4. The van der Waals surface area contributed by atoms with Crippen molar-refractivity contribution in [2.24, 2.45) is 0 Å². The molecule has 0 atom stereocenters. The Labute approximate surface area is 233 Å². The first-order valence-corrected chi connectivity index (χ1v) is 12.7. The average molecular weight is 577 g/mol. The molecule has 1 amide bonds. The Bertz CT molecular complexity index is 1400. The lowest BCUT2D eigenvalue weighted by molar-refractivity contribution is -0.384. The molecular weight excluding hydrogens is 555 g/mol. The van der Waals surface area contributed by atoms with E-state index < -0.39 is 16.8 Å². The number of piperazine rings is 1. The molecule has 198 valence electrons. The molecule has 4 rings (SSSR count). The van der Waals surface area contributed by atoms with Gasteiger partial charge in [0.05, 0.1) is 27.1 Å². The Morgan fingerprint density at radius 3 is 2.55 bits per heavy atom. The number of carbonyl (C=O) groups is 2. The van der Waals surface area contributed by atoms with Crippen LogP contribution in [-0.2, 0) is 4.74 Å². The number of ether oxygens (including phenoxy) is 1. The summed E-state index contributed by atoms with van der Waals surface area (Å²) in [6.07, 6.45) is 0. The highest BCUT2D eigenvalue weighted by molar-refractivity contribution is 7.80. The van der Waals surface area contributed by atoms with E-state index in [1.165, 1.54) is 18.2 Å². The van der Waals surface area contributed by atoms with Gasteiger partial charge >= 0.3 is 5.97 Å². The molecule has 0 aliphatic carbocycles. The van der Waals surface area contributed by atoms with Crippen LogP contribution in [0.3, 0.4) is 0 Å². The zero-order chi connectivity index (χ0) is 27.4. The van der Waals surface area contributed by atoms with Gasteiger partial charge in [0.25, 0.3) is 11.6 Å². The SMILES string of the molecule is CCOC(=O)c1ccc(N2CCN(C(=S)NC(=O)c3ccc(-c4cccc(Cl)c4Cl)o3)CC2)c([N+](=O)[O-])c1. The number of thiocarbonyl (C=S) groups is 1. The molecule has 10 nitrogen and oxygen atoms in total. The van der Waals surface area contributed by atoms with E-state index in [-0.39, 0.29) is 28.7 Å². The van der Waals surface area contributed by atoms with Crippen molar-refractivity contribution in [2.45, 2.75) is 6.92 Å². The molecule has 1 fully saturated rings. The minimum Gasteiger partial charge on any atom is -0.462 e. The van der Waals surface area contributed by atoms with Crippen LogP contribution in [0.15, 0.2) is 52.9 Å². The van der Waals surface area contributed by atoms with Crippen LogP contribution in [0.1, 0.15) is 27.8 Å². The van der Waals surface area contributed by atoms with Gasteiger partial charge in [-0.1, -0.05) is 29.3 Å². The number of halogens is 2. The summed E-state index contributed by atoms with van der Waals surface area (Å²) in [5, 5.41) is 15.2. The highest BCUT2D eigenvalue weighted by Crippen LogP contribution is 2.34. The fraction of sp³-hybridized carbons (Fsp3) is 0.240. The number of nitro benzene ring substituents is 1. The van der Waals surface area contributed by atoms with E-state index in [1.54, 1.807) is 42.2 Å². The van der Waals surface area contributed by atoms with Gasteiger partial charge in [0.1, 0.15) is 11.4 Å². The van der Waals surface area contributed by atoms with Gasteiger partial charge in [-0.15, -0.1) is 0 Å². The standard InChI is InChI=1S/C25H22Cl2N4O6S/c1-2-36-24(33)15-6-7-18(19(14-15)31(34)35)29-10-12-30(13-11-29)25(38)28-23(32)21-9-8-20(37-21)16-4-3-5-17(26)22(16)27/h3-9,14H,2,10-13H2,1H3,(H,28,32,38). The lowest BCUT2D eigenvalue weighted by Crippen LogP contribution is -2.52. The van der Waals surface area contributed by atoms with Gasteiger partial charge in [-0.3, -0.25) is 20.2 Å². The van der Waals surface area contributed by atoms with Gasteiger partial charge in [-0.05, 0) is 55.5 Å². The minimum absolute atomic E-state index is 0.0503. The van der Waals surface area contributed by atoms with Crippen molar-refractivity contribution in [2.75, 3.05) is 37.7 Å². The van der Waals surface area contributed by atoms with E-state index in [2.05, 4.69) is 5.32 Å². The second-order valence-electron chi connectivity index (χ2n) is 8.18. The second-order valence-corrected chi connectivity index (χ2v) is 9.35. The van der Waals surface area contributed by atoms with Gasteiger partial charge in [-0.2, -0.15) is 0 Å². The first-order valence-electron chi connectivity index (χ1n) is 11.5. The van der Waals surface area contributed by atoms with Crippen LogP contribution in [-0.4, -0.2) is 59.6 Å². The fourth-order valence-electron chi connectivity index (χ4n) is 3.97.